The van der Waals surface area contributed by atoms with E-state index in [0.29, 0.717) is 38.0 Å². The predicted molar refractivity (Wildman–Crippen MR) is 160 cm³/mol. The van der Waals surface area contributed by atoms with Crippen LogP contribution in [0.5, 0.6) is 0 Å². The van der Waals surface area contributed by atoms with E-state index in [1.165, 1.54) is 41.9 Å². The summed E-state index contributed by atoms with van der Waals surface area (Å²) in [6, 6.07) is 19.9. The maximum atomic E-state index is 13.8. The summed E-state index contributed by atoms with van der Waals surface area (Å²) in [5.74, 6) is -1.40. The molecular weight excluding hydrogens is 591 g/mol. The third-order valence-electron chi connectivity index (χ3n) is 6.57. The molecule has 3 aromatic carbocycles. The Hall–Kier alpha value is -4.41. The molecule has 0 fully saturated rings. The zero-order chi connectivity index (χ0) is 29.7. The number of nitrogens with zero attached hydrogens (tertiary/aromatic N) is 1. The number of pyridine rings is 1. The first-order valence-electron chi connectivity index (χ1n) is 12.8. The van der Waals surface area contributed by atoms with Gasteiger partial charge in [-0.25, -0.2) is 4.39 Å². The van der Waals surface area contributed by atoms with E-state index in [1.54, 1.807) is 62.5 Å². The van der Waals surface area contributed by atoms with Crippen molar-refractivity contribution in [1.29, 1.82) is 0 Å². The Bertz CT molecular complexity index is 1680. The molecule has 41 heavy (non-hydrogen) atoms. The summed E-state index contributed by atoms with van der Waals surface area (Å²) in [5.41, 5.74) is 2.46. The molecule has 210 valence electrons. The molecule has 4 aromatic rings. The number of hydrogen-bond donors (Lipinski definition) is 3. The molecule has 3 N–H and O–H groups in total. The minimum atomic E-state index is -0.531. The number of halogens is 2. The van der Waals surface area contributed by atoms with Crippen molar-refractivity contribution in [2.45, 2.75) is 19.5 Å². The van der Waals surface area contributed by atoms with E-state index in [2.05, 4.69) is 31.9 Å². The molecule has 0 saturated heterocycles. The normalized spacial score (nSPS) is 11.5. The van der Waals surface area contributed by atoms with Crippen LogP contribution in [0.15, 0.2) is 88.1 Å². The van der Waals surface area contributed by atoms with Gasteiger partial charge in [-0.1, -0.05) is 28.1 Å². The van der Waals surface area contributed by atoms with E-state index in [0.717, 1.165) is 0 Å². The van der Waals surface area contributed by atoms with Gasteiger partial charge in [0.25, 0.3) is 11.5 Å². The smallest absolute Gasteiger partial charge is 0.275 e. The molecule has 8 nitrogen and oxygen atoms in total. The van der Waals surface area contributed by atoms with Gasteiger partial charge in [-0.15, -0.1) is 0 Å². The van der Waals surface area contributed by atoms with Gasteiger partial charge < -0.3 is 20.5 Å². The number of carbonyl (C=O) groups is 3. The molecule has 0 aliphatic rings. The second-order valence-corrected chi connectivity index (χ2v) is 10.3. The Morgan fingerprint density at radius 1 is 0.902 bits per heavy atom. The van der Waals surface area contributed by atoms with E-state index in [4.69, 9.17) is 0 Å². The van der Waals surface area contributed by atoms with Crippen LogP contribution >= 0.6 is 15.9 Å². The maximum Gasteiger partial charge on any atom is 0.275 e. The fourth-order valence-electron chi connectivity index (χ4n) is 4.24. The Kier molecular flexibility index (Phi) is 9.26. The van der Waals surface area contributed by atoms with E-state index < -0.39 is 17.4 Å². The van der Waals surface area contributed by atoms with Gasteiger partial charge in [-0.2, -0.15) is 0 Å². The fourth-order valence-corrected chi connectivity index (χ4v) is 4.78. The van der Waals surface area contributed by atoms with Gasteiger partial charge in [0.05, 0.1) is 18.3 Å². The van der Waals surface area contributed by atoms with Crippen molar-refractivity contribution >= 4 is 39.2 Å². The lowest BCUT2D eigenvalue weighted by molar-refractivity contribution is -0.117. The van der Waals surface area contributed by atoms with Crippen LogP contribution in [-0.4, -0.2) is 42.3 Å². The summed E-state index contributed by atoms with van der Waals surface area (Å²) in [6.45, 7) is 1.72. The maximum absolute atomic E-state index is 13.8. The summed E-state index contributed by atoms with van der Waals surface area (Å²) < 4.78 is 15.5. The largest absolute Gasteiger partial charge is 0.355 e. The van der Waals surface area contributed by atoms with Crippen molar-refractivity contribution in [3.8, 4) is 11.3 Å². The third-order valence-corrected chi connectivity index (χ3v) is 7.03. The first-order valence-corrected chi connectivity index (χ1v) is 13.5. The highest BCUT2D eigenvalue weighted by molar-refractivity contribution is 9.10. The van der Waals surface area contributed by atoms with Crippen molar-refractivity contribution in [2.24, 2.45) is 0 Å². The van der Waals surface area contributed by atoms with Crippen LogP contribution in [0.2, 0.25) is 0 Å². The quantitative estimate of drug-likeness (QED) is 0.238. The second kappa shape index (κ2) is 12.8. The van der Waals surface area contributed by atoms with Crippen molar-refractivity contribution in [2.75, 3.05) is 19.4 Å². The molecule has 0 aliphatic heterocycles. The second-order valence-electron chi connectivity index (χ2n) is 9.37. The highest BCUT2D eigenvalue weighted by Gasteiger charge is 2.18. The van der Waals surface area contributed by atoms with Gasteiger partial charge in [0.2, 0.25) is 5.91 Å². The summed E-state index contributed by atoms with van der Waals surface area (Å²) in [6.07, 6.45) is 0. The van der Waals surface area contributed by atoms with Crippen LogP contribution < -0.4 is 21.5 Å². The van der Waals surface area contributed by atoms with E-state index >= 15 is 0 Å². The molecule has 1 unspecified atom stereocenters. The molecule has 0 bridgehead atoms. The number of amides is 2. The van der Waals surface area contributed by atoms with Gasteiger partial charge in [-0.05, 0) is 91.8 Å². The van der Waals surface area contributed by atoms with Gasteiger partial charge in [0, 0.05) is 28.2 Å². The van der Waals surface area contributed by atoms with Gasteiger partial charge in [0.15, 0.2) is 5.78 Å². The monoisotopic (exact) mass is 618 g/mol. The number of anilines is 1. The summed E-state index contributed by atoms with van der Waals surface area (Å²) >= 11 is 3.46. The molecule has 1 heterocycles. The van der Waals surface area contributed by atoms with Crippen LogP contribution in [0, 0.1) is 5.82 Å². The molecule has 0 aliphatic carbocycles. The summed E-state index contributed by atoms with van der Waals surface area (Å²) in [5, 5.41) is 8.11. The molecule has 0 saturated carbocycles. The lowest BCUT2D eigenvalue weighted by Crippen LogP contribution is -2.37. The minimum absolute atomic E-state index is 0.0484. The SMILES string of the molecule is CNC(=O)c1cccc(-c2ccc(NC(=O)C(C)NC)c(=O)n2Cc2cc(Br)cc(C(=O)c3ccc(F)cc3)c2)c1. The van der Waals surface area contributed by atoms with Crippen molar-refractivity contribution in [1.82, 2.24) is 15.2 Å². The molecule has 1 atom stereocenters. The zero-order valence-corrected chi connectivity index (χ0v) is 24.2. The molecule has 10 heteroatoms. The van der Waals surface area contributed by atoms with Crippen LogP contribution in [0.25, 0.3) is 11.3 Å². The number of carbonyl (C=O) groups excluding carboxylic acids is 3. The predicted octanol–water partition coefficient (Wildman–Crippen LogP) is 4.60. The Morgan fingerprint density at radius 2 is 1.63 bits per heavy atom. The third kappa shape index (κ3) is 6.85. The van der Waals surface area contributed by atoms with Crippen LogP contribution in [0.4, 0.5) is 10.1 Å². The lowest BCUT2D eigenvalue weighted by atomic mass is 10.0. The van der Waals surface area contributed by atoms with Crippen LogP contribution in [-0.2, 0) is 11.3 Å². The number of rotatable bonds is 9. The number of aromatic nitrogens is 1. The average molecular weight is 619 g/mol. The Labute approximate surface area is 244 Å². The lowest BCUT2D eigenvalue weighted by Gasteiger charge is -2.18. The van der Waals surface area contributed by atoms with Gasteiger partial charge in [-0.3, -0.25) is 19.2 Å². The van der Waals surface area contributed by atoms with Crippen molar-refractivity contribution < 1.29 is 18.8 Å². The molecule has 1 aromatic heterocycles. The average Bonchev–Trinajstić information content (AvgIpc) is 2.98. The number of likely N-dealkylation sites (N-methyl/N-ethyl adjacent to an activating group) is 1. The molecule has 0 radical (unpaired) electrons. The standard InChI is InChI=1S/C31H28BrFN4O4/c1-18(34-2)29(39)36-26-11-12-27(21-5-4-6-22(15-21)30(40)35-3)37(31(26)41)17-19-13-23(16-24(32)14-19)28(38)20-7-9-25(33)10-8-20/h4-16,18,34H,17H2,1-3H3,(H,35,40)(H,36,39). The highest BCUT2D eigenvalue weighted by Crippen LogP contribution is 2.24. The van der Waals surface area contributed by atoms with Crippen LogP contribution in [0.1, 0.15) is 38.8 Å². The molecule has 0 spiro atoms. The van der Waals surface area contributed by atoms with Crippen molar-refractivity contribution in [3.05, 3.63) is 122 Å². The first kappa shape index (κ1) is 29.6. The number of hydrogen-bond acceptors (Lipinski definition) is 5. The molecular formula is C31H28BrFN4O4. The number of benzene rings is 3. The first-order chi connectivity index (χ1) is 19.6. The summed E-state index contributed by atoms with van der Waals surface area (Å²) in [7, 11) is 3.18. The van der Waals surface area contributed by atoms with E-state index in [9.17, 15) is 23.6 Å². The van der Waals surface area contributed by atoms with Crippen molar-refractivity contribution in [3.63, 3.8) is 0 Å². The molecule has 2 amide bonds. The number of nitrogens with one attached hydrogen (secondary N) is 3. The van der Waals surface area contributed by atoms with E-state index in [1.807, 2.05) is 0 Å². The minimum Gasteiger partial charge on any atom is -0.355 e. The highest BCUT2D eigenvalue weighted by atomic mass is 79.9. The van der Waals surface area contributed by atoms with Crippen LogP contribution in [0.3, 0.4) is 0 Å². The topological polar surface area (TPSA) is 109 Å². The Balaban J connectivity index is 1.81. The number of ketones is 1. The van der Waals surface area contributed by atoms with Gasteiger partial charge >= 0.3 is 0 Å². The fraction of sp³-hybridized carbons (Fsp3) is 0.161. The van der Waals surface area contributed by atoms with Gasteiger partial charge in [0.1, 0.15) is 11.5 Å². The zero-order valence-electron chi connectivity index (χ0n) is 22.6. The van der Waals surface area contributed by atoms with E-state index in [-0.39, 0.29) is 29.8 Å². The summed E-state index contributed by atoms with van der Waals surface area (Å²) in [4.78, 5) is 51.8. The Morgan fingerprint density at radius 3 is 2.32 bits per heavy atom. The molecule has 4 rings (SSSR count).